The lowest BCUT2D eigenvalue weighted by Crippen LogP contribution is -2.42. The van der Waals surface area contributed by atoms with Crippen LogP contribution >= 0.6 is 0 Å². The van der Waals surface area contributed by atoms with Crippen LogP contribution in [0.4, 0.5) is 15.9 Å². The first-order valence-corrected chi connectivity index (χ1v) is 11.3. The molecule has 34 heavy (non-hydrogen) atoms. The highest BCUT2D eigenvalue weighted by molar-refractivity contribution is 5.95. The third-order valence-corrected chi connectivity index (χ3v) is 5.30. The van der Waals surface area contributed by atoms with E-state index < -0.39 is 11.2 Å². The van der Waals surface area contributed by atoms with Crippen molar-refractivity contribution in [1.82, 2.24) is 14.5 Å². The summed E-state index contributed by atoms with van der Waals surface area (Å²) in [6.07, 6.45) is 3.20. The molecule has 9 nitrogen and oxygen atoms in total. The molecule has 0 saturated carbocycles. The Hall–Kier alpha value is -3.69. The predicted molar refractivity (Wildman–Crippen MR) is 128 cm³/mol. The third-order valence-electron chi connectivity index (χ3n) is 5.30. The SMILES string of the molecule is CCCCN(C(=O)CCc1ncc(-c2ccc(F)cc2)o1)c1c(N)n(CC(C)C)c(=O)[nH]c1=O. The molecule has 0 aliphatic heterocycles. The smallest absolute Gasteiger partial charge is 0.330 e. The Balaban J connectivity index is 1.82. The van der Waals surface area contributed by atoms with Crippen LogP contribution in [0.1, 0.15) is 45.9 Å². The van der Waals surface area contributed by atoms with Gasteiger partial charge in [-0.2, -0.15) is 0 Å². The number of halogens is 1. The Morgan fingerprint density at radius 2 is 1.97 bits per heavy atom. The zero-order chi connectivity index (χ0) is 24.8. The number of hydrogen-bond donors (Lipinski definition) is 2. The fourth-order valence-electron chi connectivity index (χ4n) is 3.58. The predicted octanol–water partition coefficient (Wildman–Crippen LogP) is 3.33. The van der Waals surface area contributed by atoms with Crippen LogP contribution in [0.3, 0.4) is 0 Å². The van der Waals surface area contributed by atoms with E-state index in [4.69, 9.17) is 10.2 Å². The number of aromatic nitrogens is 3. The summed E-state index contributed by atoms with van der Waals surface area (Å²) in [5.41, 5.74) is 5.58. The molecule has 182 valence electrons. The quantitative estimate of drug-likeness (QED) is 0.467. The molecule has 10 heteroatoms. The number of anilines is 2. The fraction of sp³-hybridized carbons (Fsp3) is 0.417. The van der Waals surface area contributed by atoms with Crippen molar-refractivity contribution in [2.75, 3.05) is 17.2 Å². The van der Waals surface area contributed by atoms with Crippen molar-refractivity contribution < 1.29 is 13.6 Å². The van der Waals surface area contributed by atoms with Crippen LogP contribution in [-0.4, -0.2) is 27.0 Å². The zero-order valence-electron chi connectivity index (χ0n) is 19.6. The van der Waals surface area contributed by atoms with Crippen LogP contribution in [0.15, 0.2) is 44.5 Å². The summed E-state index contributed by atoms with van der Waals surface area (Å²) in [6, 6.07) is 5.82. The van der Waals surface area contributed by atoms with Gasteiger partial charge in [-0.15, -0.1) is 0 Å². The number of nitrogens with zero attached hydrogens (tertiary/aromatic N) is 3. The molecule has 3 aromatic rings. The number of H-pyrrole nitrogens is 1. The molecular formula is C24H30FN5O4. The first kappa shape index (κ1) is 24.9. The molecule has 0 aliphatic carbocycles. The van der Waals surface area contributed by atoms with Crippen molar-refractivity contribution in [3.8, 4) is 11.3 Å². The Morgan fingerprint density at radius 3 is 2.62 bits per heavy atom. The number of carbonyl (C=O) groups is 1. The summed E-state index contributed by atoms with van der Waals surface area (Å²) < 4.78 is 20.1. The number of nitrogens with two attached hydrogens (primary N) is 1. The zero-order valence-corrected chi connectivity index (χ0v) is 19.6. The number of amides is 1. The van der Waals surface area contributed by atoms with E-state index in [1.807, 2.05) is 20.8 Å². The first-order chi connectivity index (χ1) is 16.2. The number of oxazole rings is 1. The van der Waals surface area contributed by atoms with Crippen LogP contribution in [0, 0.1) is 11.7 Å². The molecule has 0 aliphatic rings. The van der Waals surface area contributed by atoms with Crippen molar-refractivity contribution in [2.45, 2.75) is 53.0 Å². The second kappa shape index (κ2) is 11.0. The van der Waals surface area contributed by atoms with Gasteiger partial charge < -0.3 is 15.1 Å². The van der Waals surface area contributed by atoms with Gasteiger partial charge in [0, 0.05) is 31.5 Å². The normalized spacial score (nSPS) is 11.2. The van der Waals surface area contributed by atoms with Crippen molar-refractivity contribution >= 4 is 17.4 Å². The van der Waals surface area contributed by atoms with E-state index in [-0.39, 0.29) is 48.5 Å². The number of nitrogens with one attached hydrogen (secondary N) is 1. The standard InChI is InChI=1S/C24H30FN5O4/c1-4-5-12-29(21-22(26)30(14-15(2)3)24(33)28-23(21)32)20(31)11-10-19-27-13-18(34-19)16-6-8-17(25)9-7-16/h6-9,13,15H,4-5,10-12,14,26H2,1-3H3,(H,28,32,33). The lowest BCUT2D eigenvalue weighted by Gasteiger charge is -2.24. The van der Waals surface area contributed by atoms with Gasteiger partial charge in [-0.3, -0.25) is 19.1 Å². The maximum Gasteiger partial charge on any atom is 0.330 e. The minimum atomic E-state index is -0.693. The molecule has 3 N–H and O–H groups in total. The second-order valence-corrected chi connectivity index (χ2v) is 8.52. The number of rotatable bonds is 10. The summed E-state index contributed by atoms with van der Waals surface area (Å²) in [5, 5.41) is 0. The second-order valence-electron chi connectivity index (χ2n) is 8.52. The van der Waals surface area contributed by atoms with E-state index in [9.17, 15) is 18.8 Å². The van der Waals surface area contributed by atoms with Crippen LogP contribution in [0.5, 0.6) is 0 Å². The maximum atomic E-state index is 13.2. The van der Waals surface area contributed by atoms with Crippen LogP contribution in [-0.2, 0) is 17.8 Å². The third kappa shape index (κ3) is 5.81. The average Bonchev–Trinajstić information content (AvgIpc) is 3.26. The Kier molecular flexibility index (Phi) is 8.04. The highest BCUT2D eigenvalue weighted by Crippen LogP contribution is 2.23. The molecule has 0 spiro atoms. The summed E-state index contributed by atoms with van der Waals surface area (Å²) in [7, 11) is 0. The monoisotopic (exact) mass is 471 g/mol. The van der Waals surface area contributed by atoms with Gasteiger partial charge in [0.25, 0.3) is 5.56 Å². The molecule has 2 heterocycles. The molecule has 1 aromatic carbocycles. The van der Waals surface area contributed by atoms with Crippen molar-refractivity contribution in [3.63, 3.8) is 0 Å². The minimum absolute atomic E-state index is 0.0156. The lowest BCUT2D eigenvalue weighted by atomic mass is 10.2. The van der Waals surface area contributed by atoms with Crippen LogP contribution in [0.2, 0.25) is 0 Å². The molecule has 0 bridgehead atoms. The van der Waals surface area contributed by atoms with Gasteiger partial charge in [-0.1, -0.05) is 27.2 Å². The molecule has 0 fully saturated rings. The Labute approximate surface area is 196 Å². The number of carbonyl (C=O) groups excluding carboxylic acids is 1. The van der Waals surface area contributed by atoms with E-state index in [0.29, 0.717) is 30.2 Å². The summed E-state index contributed by atoms with van der Waals surface area (Å²) >= 11 is 0. The van der Waals surface area contributed by atoms with Gasteiger partial charge >= 0.3 is 5.69 Å². The van der Waals surface area contributed by atoms with E-state index in [1.54, 1.807) is 12.1 Å². The number of unbranched alkanes of at least 4 members (excludes halogenated alkanes) is 1. The molecule has 1 amide bonds. The van der Waals surface area contributed by atoms with Gasteiger partial charge in [-0.25, -0.2) is 14.2 Å². The van der Waals surface area contributed by atoms with Gasteiger partial charge in [0.1, 0.15) is 11.6 Å². The number of aryl methyl sites for hydroxylation is 1. The van der Waals surface area contributed by atoms with E-state index in [1.165, 1.54) is 27.8 Å². The summed E-state index contributed by atoms with van der Waals surface area (Å²) in [4.78, 5) is 46.0. The van der Waals surface area contributed by atoms with E-state index in [0.717, 1.165) is 6.42 Å². The van der Waals surface area contributed by atoms with Crippen molar-refractivity contribution in [3.05, 3.63) is 63.0 Å². The minimum Gasteiger partial charge on any atom is -0.441 e. The van der Waals surface area contributed by atoms with Gasteiger partial charge in [-0.05, 0) is 36.6 Å². The average molecular weight is 472 g/mol. The molecular weight excluding hydrogens is 441 g/mol. The fourth-order valence-corrected chi connectivity index (χ4v) is 3.58. The highest BCUT2D eigenvalue weighted by atomic mass is 19.1. The maximum absolute atomic E-state index is 13.2. The number of aromatic amines is 1. The van der Waals surface area contributed by atoms with E-state index in [2.05, 4.69) is 9.97 Å². The summed E-state index contributed by atoms with van der Waals surface area (Å²) in [5.74, 6) is 0.208. The van der Waals surface area contributed by atoms with E-state index >= 15 is 0 Å². The Bertz CT molecular complexity index is 1240. The molecule has 0 atom stereocenters. The number of hydrogen-bond acceptors (Lipinski definition) is 6. The molecule has 2 aromatic heterocycles. The van der Waals surface area contributed by atoms with Gasteiger partial charge in [0.15, 0.2) is 17.3 Å². The highest BCUT2D eigenvalue weighted by Gasteiger charge is 2.24. The number of nitrogen functional groups attached to an aromatic ring is 1. The largest absolute Gasteiger partial charge is 0.441 e. The number of benzene rings is 1. The van der Waals surface area contributed by atoms with Crippen molar-refractivity contribution in [1.29, 1.82) is 0 Å². The summed E-state index contributed by atoms with van der Waals surface area (Å²) in [6.45, 7) is 6.42. The van der Waals surface area contributed by atoms with Gasteiger partial charge in [0.2, 0.25) is 5.91 Å². The Morgan fingerprint density at radius 1 is 1.26 bits per heavy atom. The lowest BCUT2D eigenvalue weighted by molar-refractivity contribution is -0.118. The first-order valence-electron chi connectivity index (χ1n) is 11.3. The van der Waals surface area contributed by atoms with Crippen LogP contribution in [0.25, 0.3) is 11.3 Å². The molecule has 0 saturated heterocycles. The molecule has 0 radical (unpaired) electrons. The van der Waals surface area contributed by atoms with Crippen LogP contribution < -0.4 is 21.9 Å². The molecule has 0 unspecified atom stereocenters. The topological polar surface area (TPSA) is 127 Å². The van der Waals surface area contributed by atoms with Gasteiger partial charge in [0.05, 0.1) is 6.20 Å². The molecule has 3 rings (SSSR count). The van der Waals surface area contributed by atoms with Crippen molar-refractivity contribution in [2.24, 2.45) is 5.92 Å².